The third-order valence-corrected chi connectivity index (χ3v) is 4.74. The summed E-state index contributed by atoms with van der Waals surface area (Å²) in [6, 6.07) is 0. The number of carbonyl (C=O) groups is 2. The second-order valence-electron chi connectivity index (χ2n) is 6.41. The number of aromatic nitrogens is 1. The zero-order valence-electron chi connectivity index (χ0n) is 15.3. The molecule has 0 aliphatic carbocycles. The molecule has 1 aliphatic rings. The summed E-state index contributed by atoms with van der Waals surface area (Å²) in [7, 11) is 3.44. The summed E-state index contributed by atoms with van der Waals surface area (Å²) in [4.78, 5) is 32.4. The molecule has 6 nitrogen and oxygen atoms in total. The Hall–Kier alpha value is -2.11. The largest absolute Gasteiger partial charge is 0.496 e. The van der Waals surface area contributed by atoms with Crippen LogP contribution in [-0.4, -0.2) is 53.8 Å². The molecule has 1 atom stereocenters. The predicted molar refractivity (Wildman–Crippen MR) is 91.7 cm³/mol. The first kappa shape index (κ1) is 18.2. The highest BCUT2D eigenvalue weighted by Gasteiger charge is 2.31. The number of likely N-dealkylation sites (tertiary alicyclic amines) is 1. The van der Waals surface area contributed by atoms with Gasteiger partial charge in [0, 0.05) is 43.9 Å². The molecular formula is C18H27N3O3. The number of rotatable bonds is 5. The Kier molecular flexibility index (Phi) is 5.80. The van der Waals surface area contributed by atoms with E-state index in [9.17, 15) is 9.59 Å². The summed E-state index contributed by atoms with van der Waals surface area (Å²) in [5.41, 5.74) is 2.79. The van der Waals surface area contributed by atoms with Crippen LogP contribution in [0.3, 0.4) is 0 Å². The van der Waals surface area contributed by atoms with Gasteiger partial charge in [0.2, 0.25) is 11.8 Å². The van der Waals surface area contributed by atoms with Crippen molar-refractivity contribution in [2.45, 2.75) is 40.2 Å². The molecule has 6 heteroatoms. The summed E-state index contributed by atoms with van der Waals surface area (Å²) in [6.45, 7) is 7.48. The Labute approximate surface area is 143 Å². The maximum Gasteiger partial charge on any atom is 0.227 e. The molecule has 0 saturated carbocycles. The number of piperidine rings is 1. The molecule has 1 fully saturated rings. The van der Waals surface area contributed by atoms with Crippen molar-refractivity contribution in [3.8, 4) is 5.75 Å². The SMILES string of the molecule is CCN1C[C@@H](C(=O)N(C)Cc2ncc(C)c(OC)c2C)CCC1=O. The predicted octanol–water partition coefficient (Wildman–Crippen LogP) is 1.92. The van der Waals surface area contributed by atoms with E-state index in [2.05, 4.69) is 4.98 Å². The third kappa shape index (κ3) is 3.68. The molecule has 132 valence electrons. The summed E-state index contributed by atoms with van der Waals surface area (Å²) in [5.74, 6) is 0.910. The number of methoxy groups -OCH3 is 1. The fourth-order valence-electron chi connectivity index (χ4n) is 3.27. The minimum absolute atomic E-state index is 0.0710. The molecule has 0 N–H and O–H groups in total. The van der Waals surface area contributed by atoms with Crippen LogP contribution in [0.1, 0.15) is 36.6 Å². The number of hydrogen-bond donors (Lipinski definition) is 0. The number of ether oxygens (including phenoxy) is 1. The van der Waals surface area contributed by atoms with Crippen LogP contribution in [0, 0.1) is 19.8 Å². The molecule has 2 heterocycles. The number of amides is 2. The van der Waals surface area contributed by atoms with E-state index in [1.54, 1.807) is 30.2 Å². The van der Waals surface area contributed by atoms with Crippen molar-refractivity contribution < 1.29 is 14.3 Å². The van der Waals surface area contributed by atoms with Crippen molar-refractivity contribution >= 4 is 11.8 Å². The van der Waals surface area contributed by atoms with Crippen LogP contribution in [0.15, 0.2) is 6.20 Å². The van der Waals surface area contributed by atoms with E-state index in [4.69, 9.17) is 4.74 Å². The molecule has 1 aliphatic heterocycles. The normalized spacial score (nSPS) is 17.8. The van der Waals surface area contributed by atoms with Gasteiger partial charge in [0.15, 0.2) is 0 Å². The lowest BCUT2D eigenvalue weighted by Crippen LogP contribution is -2.45. The molecule has 24 heavy (non-hydrogen) atoms. The van der Waals surface area contributed by atoms with E-state index in [0.717, 1.165) is 22.6 Å². The maximum absolute atomic E-state index is 12.7. The quantitative estimate of drug-likeness (QED) is 0.826. The monoisotopic (exact) mass is 333 g/mol. The van der Waals surface area contributed by atoms with Gasteiger partial charge in [-0.2, -0.15) is 0 Å². The van der Waals surface area contributed by atoms with Crippen LogP contribution >= 0.6 is 0 Å². The van der Waals surface area contributed by atoms with E-state index in [1.165, 1.54) is 0 Å². The molecule has 0 radical (unpaired) electrons. The van der Waals surface area contributed by atoms with Crippen LogP contribution in [0.25, 0.3) is 0 Å². The first-order valence-electron chi connectivity index (χ1n) is 8.40. The van der Waals surface area contributed by atoms with Crippen molar-refractivity contribution in [3.63, 3.8) is 0 Å². The fourth-order valence-corrected chi connectivity index (χ4v) is 3.27. The zero-order chi connectivity index (χ0) is 17.9. The van der Waals surface area contributed by atoms with Gasteiger partial charge in [-0.05, 0) is 27.2 Å². The number of pyridine rings is 1. The number of nitrogens with zero attached hydrogens (tertiary/aromatic N) is 3. The Balaban J connectivity index is 2.08. The molecular weight excluding hydrogens is 306 g/mol. The summed E-state index contributed by atoms with van der Waals surface area (Å²) < 4.78 is 5.43. The van der Waals surface area contributed by atoms with Crippen molar-refractivity contribution in [1.82, 2.24) is 14.8 Å². The second-order valence-corrected chi connectivity index (χ2v) is 6.41. The minimum atomic E-state index is -0.125. The van der Waals surface area contributed by atoms with Crippen LogP contribution in [-0.2, 0) is 16.1 Å². The first-order chi connectivity index (χ1) is 11.4. The highest BCUT2D eigenvalue weighted by Crippen LogP contribution is 2.25. The van der Waals surface area contributed by atoms with Gasteiger partial charge in [-0.15, -0.1) is 0 Å². The molecule has 0 aromatic carbocycles. The van der Waals surface area contributed by atoms with Crippen molar-refractivity contribution in [2.24, 2.45) is 5.92 Å². The van der Waals surface area contributed by atoms with Gasteiger partial charge in [0.25, 0.3) is 0 Å². The Morgan fingerprint density at radius 1 is 1.46 bits per heavy atom. The van der Waals surface area contributed by atoms with Gasteiger partial charge in [0.05, 0.1) is 25.3 Å². The lowest BCUT2D eigenvalue weighted by Gasteiger charge is -2.33. The smallest absolute Gasteiger partial charge is 0.227 e. The average Bonchev–Trinajstić information content (AvgIpc) is 2.57. The Bertz CT molecular complexity index is 630. The van der Waals surface area contributed by atoms with Gasteiger partial charge in [-0.1, -0.05) is 0 Å². The molecule has 0 spiro atoms. The van der Waals surface area contributed by atoms with Crippen LogP contribution < -0.4 is 4.74 Å². The van der Waals surface area contributed by atoms with E-state index in [1.807, 2.05) is 20.8 Å². The number of hydrogen-bond acceptors (Lipinski definition) is 4. The van der Waals surface area contributed by atoms with Crippen LogP contribution in [0.4, 0.5) is 0 Å². The standard InChI is InChI=1S/C18H27N3O3/c1-6-21-10-14(7-8-16(21)22)18(23)20(4)11-15-13(3)17(24-5)12(2)9-19-15/h9,14H,6-8,10-11H2,1-5H3/t14-/m0/s1. The molecule has 0 unspecified atom stereocenters. The van der Waals surface area contributed by atoms with Gasteiger partial charge in [-0.25, -0.2) is 0 Å². The van der Waals surface area contributed by atoms with Gasteiger partial charge in [-0.3, -0.25) is 14.6 Å². The molecule has 0 bridgehead atoms. The Morgan fingerprint density at radius 2 is 2.17 bits per heavy atom. The van der Waals surface area contributed by atoms with E-state index >= 15 is 0 Å². The van der Waals surface area contributed by atoms with Gasteiger partial charge >= 0.3 is 0 Å². The van der Waals surface area contributed by atoms with Crippen molar-refractivity contribution in [3.05, 3.63) is 23.0 Å². The summed E-state index contributed by atoms with van der Waals surface area (Å²) in [6.07, 6.45) is 2.85. The summed E-state index contributed by atoms with van der Waals surface area (Å²) >= 11 is 0. The van der Waals surface area contributed by atoms with Crippen molar-refractivity contribution in [2.75, 3.05) is 27.2 Å². The van der Waals surface area contributed by atoms with Crippen LogP contribution in [0.5, 0.6) is 5.75 Å². The zero-order valence-corrected chi connectivity index (χ0v) is 15.3. The molecule has 2 rings (SSSR count). The highest BCUT2D eigenvalue weighted by molar-refractivity contribution is 5.83. The molecule has 1 aromatic rings. The topological polar surface area (TPSA) is 62.7 Å². The summed E-state index contributed by atoms with van der Waals surface area (Å²) in [5, 5.41) is 0. The highest BCUT2D eigenvalue weighted by atomic mass is 16.5. The van der Waals surface area contributed by atoms with Gasteiger partial charge in [0.1, 0.15) is 5.75 Å². The average molecular weight is 333 g/mol. The van der Waals surface area contributed by atoms with Gasteiger partial charge < -0.3 is 14.5 Å². The van der Waals surface area contributed by atoms with Crippen molar-refractivity contribution in [1.29, 1.82) is 0 Å². The lowest BCUT2D eigenvalue weighted by atomic mass is 9.96. The Morgan fingerprint density at radius 3 is 2.79 bits per heavy atom. The minimum Gasteiger partial charge on any atom is -0.496 e. The number of aryl methyl sites for hydroxylation is 1. The van der Waals surface area contributed by atoms with Crippen LogP contribution in [0.2, 0.25) is 0 Å². The maximum atomic E-state index is 12.7. The van der Waals surface area contributed by atoms with E-state index < -0.39 is 0 Å². The number of carbonyl (C=O) groups excluding carboxylic acids is 2. The first-order valence-corrected chi connectivity index (χ1v) is 8.40. The van der Waals surface area contributed by atoms with E-state index in [-0.39, 0.29) is 17.7 Å². The second kappa shape index (κ2) is 7.64. The van der Waals surface area contributed by atoms with E-state index in [0.29, 0.717) is 32.5 Å². The molecule has 1 aromatic heterocycles. The molecule has 2 amide bonds. The fraction of sp³-hybridized carbons (Fsp3) is 0.611. The lowest BCUT2D eigenvalue weighted by molar-refractivity contribution is -0.142. The third-order valence-electron chi connectivity index (χ3n) is 4.74. The molecule has 1 saturated heterocycles.